The summed E-state index contributed by atoms with van der Waals surface area (Å²) in [6.07, 6.45) is 1.43. The van der Waals surface area contributed by atoms with Gasteiger partial charge in [-0.2, -0.15) is 5.10 Å². The summed E-state index contributed by atoms with van der Waals surface area (Å²) in [4.78, 5) is 13.1. The fourth-order valence-electron chi connectivity index (χ4n) is 3.21. The van der Waals surface area contributed by atoms with Gasteiger partial charge in [-0.3, -0.25) is 4.79 Å². The lowest BCUT2D eigenvalue weighted by atomic mass is 9.85. The molecule has 3 rings (SSSR count). The third-order valence-electron chi connectivity index (χ3n) is 4.78. The van der Waals surface area contributed by atoms with Crippen molar-refractivity contribution in [3.8, 4) is 17.2 Å². The maximum absolute atomic E-state index is 13.1. The Bertz CT molecular complexity index is 988. The molecule has 0 heterocycles. The molecule has 0 unspecified atom stereocenters. The number of nitrogens with one attached hydrogen (secondary N) is 1. The fraction of sp³-hybridized carbons (Fsp3) is 0.167. The first-order valence-electron chi connectivity index (χ1n) is 9.51. The largest absolute Gasteiger partial charge is 0.493 e. The molecular weight excluding hydrogens is 396 g/mol. The van der Waals surface area contributed by atoms with Crippen molar-refractivity contribution in [1.29, 1.82) is 0 Å². The van der Waals surface area contributed by atoms with Crippen LogP contribution in [0.4, 0.5) is 0 Å². The zero-order valence-electron chi connectivity index (χ0n) is 17.5. The molecule has 0 bridgehead atoms. The highest BCUT2D eigenvalue weighted by molar-refractivity contribution is 5.91. The monoisotopic (exact) mass is 420 g/mol. The standard InChI is InChI=1S/C24H24N2O5/c1-29-20-14-17(15-21(30-2)22(20)31-3)16-25-26-23(27)24(28,18-10-6-4-7-11-18)19-12-8-5-9-13-19/h4-16,28H,1-3H3,(H,26,27)/b25-16+. The van der Waals surface area contributed by atoms with Crippen LogP contribution >= 0.6 is 0 Å². The first-order valence-corrected chi connectivity index (χ1v) is 9.51. The van der Waals surface area contributed by atoms with Gasteiger partial charge in [0.25, 0.3) is 5.91 Å². The minimum atomic E-state index is -1.91. The van der Waals surface area contributed by atoms with E-state index in [1.807, 2.05) is 12.1 Å². The van der Waals surface area contributed by atoms with E-state index in [2.05, 4.69) is 10.5 Å². The quantitative estimate of drug-likeness (QED) is 0.432. The molecule has 2 N–H and O–H groups in total. The molecule has 0 aliphatic carbocycles. The number of hydrazone groups is 1. The molecule has 3 aromatic carbocycles. The van der Waals surface area contributed by atoms with E-state index >= 15 is 0 Å². The smallest absolute Gasteiger partial charge is 0.281 e. The predicted octanol–water partition coefficient (Wildman–Crippen LogP) is 3.10. The summed E-state index contributed by atoms with van der Waals surface area (Å²) in [5.41, 5.74) is 2.01. The third kappa shape index (κ3) is 4.51. The maximum Gasteiger partial charge on any atom is 0.281 e. The van der Waals surface area contributed by atoms with Crippen LogP contribution in [0.25, 0.3) is 0 Å². The molecule has 0 saturated heterocycles. The molecule has 1 amide bonds. The first kappa shape index (κ1) is 21.9. The van der Waals surface area contributed by atoms with Crippen molar-refractivity contribution >= 4 is 12.1 Å². The summed E-state index contributed by atoms with van der Waals surface area (Å²) in [6.45, 7) is 0. The van der Waals surface area contributed by atoms with Crippen LogP contribution in [0.15, 0.2) is 77.9 Å². The van der Waals surface area contributed by atoms with Crippen molar-refractivity contribution in [3.05, 3.63) is 89.5 Å². The van der Waals surface area contributed by atoms with E-state index in [4.69, 9.17) is 14.2 Å². The Morgan fingerprint density at radius 1 is 0.871 bits per heavy atom. The van der Waals surface area contributed by atoms with Gasteiger partial charge in [0.05, 0.1) is 27.5 Å². The molecule has 0 fully saturated rings. The van der Waals surface area contributed by atoms with Crippen LogP contribution in [0.5, 0.6) is 17.2 Å². The zero-order valence-corrected chi connectivity index (χ0v) is 17.5. The van der Waals surface area contributed by atoms with Crippen LogP contribution in [-0.2, 0) is 10.4 Å². The Kier molecular flexibility index (Phi) is 6.89. The van der Waals surface area contributed by atoms with Gasteiger partial charge in [-0.25, -0.2) is 5.43 Å². The number of nitrogens with zero attached hydrogens (tertiary/aromatic N) is 1. The van der Waals surface area contributed by atoms with Gasteiger partial charge in [-0.05, 0) is 23.3 Å². The molecule has 0 aromatic heterocycles. The van der Waals surface area contributed by atoms with Gasteiger partial charge >= 0.3 is 0 Å². The summed E-state index contributed by atoms with van der Waals surface area (Å²) in [5.74, 6) is 0.682. The van der Waals surface area contributed by atoms with E-state index in [0.717, 1.165) is 0 Å². The summed E-state index contributed by atoms with van der Waals surface area (Å²) in [7, 11) is 4.54. The Morgan fingerprint density at radius 3 is 1.77 bits per heavy atom. The van der Waals surface area contributed by atoms with Crippen molar-refractivity contribution in [2.24, 2.45) is 5.10 Å². The minimum absolute atomic E-state index is 0.432. The van der Waals surface area contributed by atoms with Gasteiger partial charge in [0.1, 0.15) is 0 Å². The summed E-state index contributed by atoms with van der Waals surface area (Å²) in [5, 5.41) is 15.4. The number of benzene rings is 3. The van der Waals surface area contributed by atoms with Crippen LogP contribution in [0.2, 0.25) is 0 Å². The van der Waals surface area contributed by atoms with E-state index in [-0.39, 0.29) is 0 Å². The second-order valence-corrected chi connectivity index (χ2v) is 6.60. The van der Waals surface area contributed by atoms with Gasteiger partial charge < -0.3 is 19.3 Å². The Balaban J connectivity index is 1.89. The predicted molar refractivity (Wildman–Crippen MR) is 118 cm³/mol. The van der Waals surface area contributed by atoms with Crippen LogP contribution in [0.1, 0.15) is 16.7 Å². The van der Waals surface area contributed by atoms with Gasteiger partial charge in [-0.15, -0.1) is 0 Å². The number of rotatable bonds is 8. The maximum atomic E-state index is 13.1. The second-order valence-electron chi connectivity index (χ2n) is 6.60. The molecule has 31 heavy (non-hydrogen) atoms. The van der Waals surface area contributed by atoms with Gasteiger partial charge in [0.2, 0.25) is 5.75 Å². The molecule has 7 nitrogen and oxygen atoms in total. The molecule has 0 aliphatic rings. The number of hydrogen-bond donors (Lipinski definition) is 2. The van der Waals surface area contributed by atoms with Crippen molar-refractivity contribution in [2.45, 2.75) is 5.60 Å². The fourth-order valence-corrected chi connectivity index (χ4v) is 3.21. The summed E-state index contributed by atoms with van der Waals surface area (Å²) in [6, 6.07) is 20.8. The Morgan fingerprint density at radius 2 is 1.35 bits per heavy atom. The van der Waals surface area contributed by atoms with Gasteiger partial charge in [0.15, 0.2) is 17.1 Å². The molecule has 160 valence electrons. The van der Waals surface area contributed by atoms with Gasteiger partial charge in [0, 0.05) is 5.56 Å². The molecule has 0 aliphatic heterocycles. The van der Waals surface area contributed by atoms with Crippen LogP contribution < -0.4 is 19.6 Å². The van der Waals surface area contributed by atoms with Crippen LogP contribution in [0.3, 0.4) is 0 Å². The highest BCUT2D eigenvalue weighted by Crippen LogP contribution is 2.37. The highest BCUT2D eigenvalue weighted by Gasteiger charge is 2.39. The van der Waals surface area contributed by atoms with Crippen molar-refractivity contribution in [3.63, 3.8) is 0 Å². The lowest BCUT2D eigenvalue weighted by Crippen LogP contribution is -2.43. The van der Waals surface area contributed by atoms with E-state index in [0.29, 0.717) is 33.9 Å². The Hall–Kier alpha value is -3.84. The average Bonchev–Trinajstić information content (AvgIpc) is 2.83. The molecule has 7 heteroatoms. The number of amides is 1. The molecule has 0 spiro atoms. The molecular formula is C24H24N2O5. The van der Waals surface area contributed by atoms with Crippen LogP contribution in [-0.4, -0.2) is 38.6 Å². The normalized spacial score (nSPS) is 11.2. The lowest BCUT2D eigenvalue weighted by molar-refractivity contribution is -0.136. The first-order chi connectivity index (χ1) is 15.0. The van der Waals surface area contributed by atoms with Gasteiger partial charge in [-0.1, -0.05) is 60.7 Å². The number of methoxy groups -OCH3 is 3. The second kappa shape index (κ2) is 9.77. The molecule has 0 saturated carbocycles. The van der Waals surface area contributed by atoms with E-state index in [1.54, 1.807) is 60.7 Å². The zero-order chi connectivity index (χ0) is 22.3. The number of carbonyl (C=O) groups excluding carboxylic acids is 1. The summed E-state index contributed by atoms with van der Waals surface area (Å²) >= 11 is 0. The average molecular weight is 420 g/mol. The minimum Gasteiger partial charge on any atom is -0.493 e. The van der Waals surface area contributed by atoms with E-state index in [1.165, 1.54) is 27.5 Å². The molecule has 0 atom stereocenters. The SMILES string of the molecule is COc1cc(/C=N/NC(=O)C(O)(c2ccccc2)c2ccccc2)cc(OC)c1OC. The van der Waals surface area contributed by atoms with Crippen LogP contribution in [0, 0.1) is 0 Å². The van der Waals surface area contributed by atoms with Crippen molar-refractivity contribution in [1.82, 2.24) is 5.43 Å². The molecule has 3 aromatic rings. The number of aliphatic hydroxyl groups is 1. The number of hydrogen-bond acceptors (Lipinski definition) is 6. The van der Waals surface area contributed by atoms with E-state index < -0.39 is 11.5 Å². The topological polar surface area (TPSA) is 89.4 Å². The molecule has 0 radical (unpaired) electrons. The van der Waals surface area contributed by atoms with Crippen molar-refractivity contribution in [2.75, 3.05) is 21.3 Å². The summed E-state index contributed by atoms with van der Waals surface area (Å²) < 4.78 is 15.9. The van der Waals surface area contributed by atoms with Crippen molar-refractivity contribution < 1.29 is 24.1 Å². The lowest BCUT2D eigenvalue weighted by Gasteiger charge is -2.27. The van der Waals surface area contributed by atoms with E-state index in [9.17, 15) is 9.90 Å². The third-order valence-corrected chi connectivity index (χ3v) is 4.78. The Labute approximate surface area is 180 Å². The highest BCUT2D eigenvalue weighted by atomic mass is 16.5. The number of carbonyl (C=O) groups is 1. The number of ether oxygens (including phenoxy) is 3.